The van der Waals surface area contributed by atoms with Gasteiger partial charge < -0.3 is 79.8 Å². The third-order valence-electron chi connectivity index (χ3n) is 19.9. The number of nitrogens with zero attached hydrogens (tertiary/aromatic N) is 3. The van der Waals surface area contributed by atoms with Crippen molar-refractivity contribution in [2.45, 2.75) is 250 Å². The van der Waals surface area contributed by atoms with Crippen molar-refractivity contribution in [1.29, 1.82) is 0 Å². The number of aromatic nitrogens is 4. The van der Waals surface area contributed by atoms with Gasteiger partial charge in [0.25, 0.3) is 0 Å². The van der Waals surface area contributed by atoms with Gasteiger partial charge in [-0.3, -0.25) is 71.8 Å². The summed E-state index contributed by atoms with van der Waals surface area (Å²) in [7, 11) is 0. The van der Waals surface area contributed by atoms with Gasteiger partial charge in [0.1, 0.15) is 41.8 Å². The number of H-pyrrole nitrogens is 1. The number of hydrogen-bond donors (Lipinski definition) is 15. The highest BCUT2D eigenvalue weighted by molar-refractivity contribution is 6.41. The number of ketones is 3. The van der Waals surface area contributed by atoms with Crippen molar-refractivity contribution < 1.29 is 77.3 Å². The van der Waals surface area contributed by atoms with Crippen LogP contribution in [0.2, 0.25) is 0 Å². The summed E-state index contributed by atoms with van der Waals surface area (Å²) in [6.07, 6.45) is 5.48. The molecule has 107 heavy (non-hydrogen) atoms. The number of hydrogen-bond acceptors (Lipinski definition) is 19. The van der Waals surface area contributed by atoms with Crippen LogP contribution in [0.3, 0.4) is 0 Å². The fraction of sp³-hybridized carbons (Fsp3) is 0.600. The second kappa shape index (κ2) is 40.8. The summed E-state index contributed by atoms with van der Waals surface area (Å²) in [6, 6.07) is 4.69. The lowest BCUT2D eigenvalue weighted by Gasteiger charge is -2.35. The van der Waals surface area contributed by atoms with Crippen LogP contribution in [0.4, 0.5) is 0 Å². The molecule has 1 saturated carbocycles. The third kappa shape index (κ3) is 26.3. The Bertz CT molecular complexity index is 3780. The monoisotopic (exact) mass is 1490 g/mol. The van der Waals surface area contributed by atoms with Gasteiger partial charge >= 0.3 is 0 Å². The van der Waals surface area contributed by atoms with E-state index in [2.05, 4.69) is 68.5 Å². The normalized spacial score (nSPS) is 22.7. The Morgan fingerprint density at radius 2 is 1.38 bits per heavy atom. The number of aryl methyl sites for hydroxylation is 2. The molecule has 32 heteroatoms. The number of fused-ring (bicyclic) bond motifs is 3. The fourth-order valence-electron chi connectivity index (χ4n) is 13.1. The first kappa shape index (κ1) is 86.1. The maximum atomic E-state index is 15.6. The lowest BCUT2D eigenvalue weighted by molar-refractivity contribution is -0.141. The molecular weight excluding hydrogens is 1380 g/mol. The van der Waals surface area contributed by atoms with Gasteiger partial charge in [-0.05, 0) is 128 Å². The highest BCUT2D eigenvalue weighted by atomic mass is 16.3. The number of Topliss-reactive ketones (excluding diaryl/α,β-unsaturated/α-hetero) is 3. The number of aliphatic hydroxyl groups is 2. The van der Waals surface area contributed by atoms with Crippen LogP contribution in [0, 0.1) is 23.7 Å². The number of nitrogens with one attached hydrogen (secondary N) is 11. The van der Waals surface area contributed by atoms with Crippen LogP contribution in [0.5, 0.6) is 0 Å². The Morgan fingerprint density at radius 3 is 2.03 bits per heavy atom. The zero-order valence-electron chi connectivity index (χ0n) is 62.8. The lowest BCUT2D eigenvalue weighted by Crippen LogP contribution is -2.63. The SMILES string of the molecule is CC(=O)N[C@@H](CC(C)C)C(=O)N[C@H](C(=O)N[C@@H](Cc1ccccc1)C(=O)N[C@]1(C)CCCCCCn2cc(nn2)CCC[C@@](C)(C(=O)NC(CO)C(=O)N[C@@H](C)C(=O)NC(C)C(N)=O)NC(=O)[C@H](CC2CCC2)CN[C@@H](CCC(N)=O)C(=O)C(=O)[C@H](C)NC(=O)[C@H](Cc2c[nH]c3ccccc23)CC1=O)[C@@H](C)O. The Hall–Kier alpha value is -9.82. The second-order valence-electron chi connectivity index (χ2n) is 29.6. The molecule has 0 spiro atoms. The minimum absolute atomic E-state index is 0.00192. The van der Waals surface area contributed by atoms with Crippen molar-refractivity contribution in [3.8, 4) is 0 Å². The predicted octanol–water partition coefficient (Wildman–Crippen LogP) is 0.403. The number of carbonyl (C=O) groups is 14. The van der Waals surface area contributed by atoms with Gasteiger partial charge in [-0.25, -0.2) is 0 Å². The first-order chi connectivity index (χ1) is 50.6. The molecule has 0 saturated heterocycles. The second-order valence-corrected chi connectivity index (χ2v) is 29.6. The molecule has 1 aliphatic heterocycles. The quantitative estimate of drug-likeness (QED) is 0.0359. The number of rotatable bonds is 27. The van der Waals surface area contributed by atoms with Crippen LogP contribution in [0.15, 0.2) is 67.0 Å². The van der Waals surface area contributed by atoms with Crippen molar-refractivity contribution in [3.05, 3.63) is 83.8 Å². The van der Waals surface area contributed by atoms with Crippen LogP contribution in [0.25, 0.3) is 10.9 Å². The van der Waals surface area contributed by atoms with Crippen LogP contribution < -0.4 is 64.6 Å². The Balaban J connectivity index is 1.36. The maximum absolute atomic E-state index is 15.6. The first-order valence-electron chi connectivity index (χ1n) is 37.0. The lowest BCUT2D eigenvalue weighted by atomic mass is 9.78. The number of aromatic amines is 1. The zero-order valence-corrected chi connectivity index (χ0v) is 62.8. The number of aliphatic hydroxyl groups excluding tert-OH is 2. The Labute approximate surface area is 623 Å². The maximum Gasteiger partial charge on any atom is 0.246 e. The number of carbonyl (C=O) groups excluding carboxylic acids is 14. The first-order valence-corrected chi connectivity index (χ1v) is 37.0. The zero-order chi connectivity index (χ0) is 78.9. The number of primary amides is 2. The smallest absolute Gasteiger partial charge is 0.246 e. The van der Waals surface area contributed by atoms with Gasteiger partial charge in [0.15, 0.2) is 5.78 Å². The largest absolute Gasteiger partial charge is 0.394 e. The molecule has 2 bridgehead atoms. The van der Waals surface area contributed by atoms with Gasteiger partial charge in [-0.15, -0.1) is 5.10 Å². The molecule has 2 aromatic heterocycles. The number of amides is 11. The molecule has 17 N–H and O–H groups in total. The molecule has 13 atom stereocenters. The fourth-order valence-corrected chi connectivity index (χ4v) is 13.1. The van der Waals surface area contributed by atoms with Gasteiger partial charge in [0.2, 0.25) is 76.5 Å². The van der Waals surface area contributed by atoms with E-state index in [4.69, 9.17) is 11.5 Å². The molecule has 2 unspecified atom stereocenters. The average Bonchev–Trinajstić information content (AvgIpc) is 1.79. The molecule has 586 valence electrons. The molecule has 3 heterocycles. The highest BCUT2D eigenvalue weighted by Crippen LogP contribution is 2.33. The van der Waals surface area contributed by atoms with E-state index in [1.807, 2.05) is 32.0 Å². The number of benzene rings is 2. The molecule has 2 aliphatic rings. The predicted molar refractivity (Wildman–Crippen MR) is 394 cm³/mol. The Kier molecular flexibility index (Phi) is 32.8. The molecular formula is C75H110N16O16. The number of para-hydroxylation sites is 1. The van der Waals surface area contributed by atoms with E-state index in [0.29, 0.717) is 60.0 Å². The average molecular weight is 1490 g/mol. The van der Waals surface area contributed by atoms with E-state index < -0.39 is 179 Å². The van der Waals surface area contributed by atoms with Gasteiger partial charge in [0, 0.05) is 68.5 Å². The molecule has 2 aromatic carbocycles. The summed E-state index contributed by atoms with van der Waals surface area (Å²) >= 11 is 0. The summed E-state index contributed by atoms with van der Waals surface area (Å²) in [6.45, 7) is 12.3. The van der Waals surface area contributed by atoms with E-state index >= 15 is 14.4 Å². The minimum Gasteiger partial charge on any atom is -0.394 e. The van der Waals surface area contributed by atoms with Crippen LogP contribution in [0.1, 0.15) is 175 Å². The van der Waals surface area contributed by atoms with E-state index in [9.17, 15) is 63.0 Å². The van der Waals surface area contributed by atoms with E-state index in [-0.39, 0.29) is 76.2 Å². The minimum atomic E-state index is -1.83. The summed E-state index contributed by atoms with van der Waals surface area (Å²) in [4.78, 5) is 199. The van der Waals surface area contributed by atoms with Crippen LogP contribution >= 0.6 is 0 Å². The van der Waals surface area contributed by atoms with Crippen LogP contribution in [-0.2, 0) is 92.9 Å². The van der Waals surface area contributed by atoms with Gasteiger partial charge in [-0.2, -0.15) is 0 Å². The van der Waals surface area contributed by atoms with Crippen molar-refractivity contribution in [2.75, 3.05) is 13.2 Å². The van der Waals surface area contributed by atoms with Crippen molar-refractivity contribution in [1.82, 2.24) is 73.1 Å². The number of nitrogens with two attached hydrogens (primary N) is 2. The molecule has 1 aliphatic carbocycles. The molecule has 4 aromatic rings. The summed E-state index contributed by atoms with van der Waals surface area (Å²) < 4.78 is 1.64. The molecule has 11 amide bonds. The molecule has 32 nitrogen and oxygen atoms in total. The third-order valence-corrected chi connectivity index (χ3v) is 19.9. The standard InChI is InChI=1S/C75H110N16O16/c1-42(2)33-57(83-47(7)94)69(103)86-62(46(6)93)72(106)84-58(35-49-21-13-12-14-22-49)71(105)88-74(8)30-17-10-11-18-32-91-40-53(89-90-91)25-20-31-75(9,73(107)85-59(41-92)70(104)82-45(5)66(100)81-44(4)65(77)99)87-68(102)52(34-48-23-19-24-48)39-79-56(28-29-61(76)96)64(98)63(97)43(3)80-67(101)50(37-60(74)95)36-51-38-78-55-27-16-15-26-54(51)55/h12-16,21-22,26-27,38,40,42-46,48,50,52,56-59,62,78-79,92-93H,10-11,17-20,23-25,28-37,39,41H2,1-9H3,(H2,76,96)(H2,77,99)(H,80,101)(H,81,100)(H,82,104)(H,83,94)(H,84,106)(H,85,107)(H,86,103)(H,87,102)(H,88,105)/t43-,44?,45-,46+,50+,52+,56-,57-,58-,59?,62-,74+,75-/m0/s1. The van der Waals surface area contributed by atoms with Gasteiger partial charge in [0.05, 0.1) is 41.9 Å². The van der Waals surface area contributed by atoms with E-state index in [1.165, 1.54) is 48.5 Å². The summed E-state index contributed by atoms with van der Waals surface area (Å²) in [5.41, 5.74) is 9.72. The van der Waals surface area contributed by atoms with Gasteiger partial charge in [-0.1, -0.05) is 106 Å². The topological polar surface area (TPSA) is 498 Å². The molecule has 0 radical (unpaired) electrons. The highest BCUT2D eigenvalue weighted by Gasteiger charge is 2.43. The molecule has 1 fully saturated rings. The van der Waals surface area contributed by atoms with Crippen molar-refractivity contribution in [3.63, 3.8) is 0 Å². The van der Waals surface area contributed by atoms with Crippen LogP contribution in [-0.4, -0.2) is 191 Å². The van der Waals surface area contributed by atoms with E-state index in [1.54, 1.807) is 53.5 Å². The molecule has 6 rings (SSSR count). The van der Waals surface area contributed by atoms with E-state index in [0.717, 1.165) is 19.3 Å². The van der Waals surface area contributed by atoms with Crippen molar-refractivity contribution >= 4 is 93.2 Å². The van der Waals surface area contributed by atoms with Crippen molar-refractivity contribution in [2.24, 2.45) is 35.1 Å². The summed E-state index contributed by atoms with van der Waals surface area (Å²) in [5, 5.41) is 57.7. The Morgan fingerprint density at radius 1 is 0.710 bits per heavy atom. The summed E-state index contributed by atoms with van der Waals surface area (Å²) in [5.74, 6) is -14.0.